The molecule has 1 nitrogen and oxygen atoms in total. The van der Waals surface area contributed by atoms with Crippen molar-refractivity contribution in [3.05, 3.63) is 0 Å². The van der Waals surface area contributed by atoms with Crippen molar-refractivity contribution in [1.29, 1.82) is 0 Å². The van der Waals surface area contributed by atoms with Crippen LogP contribution in [0.2, 0.25) is 0 Å². The number of aliphatic hydroxyl groups is 1. The van der Waals surface area contributed by atoms with Gasteiger partial charge in [-0.05, 0) is 49.9 Å². The number of thioether (sulfide) groups is 1. The molecule has 2 aliphatic rings. The summed E-state index contributed by atoms with van der Waals surface area (Å²) in [6, 6.07) is 0. The van der Waals surface area contributed by atoms with Crippen LogP contribution in [-0.2, 0) is 0 Å². The Morgan fingerprint density at radius 2 is 2.12 bits per heavy atom. The van der Waals surface area contributed by atoms with Crippen LogP contribution in [0.25, 0.3) is 0 Å². The van der Waals surface area contributed by atoms with E-state index >= 15 is 0 Å². The molecule has 0 saturated heterocycles. The molecule has 2 saturated carbocycles. The average molecular weight is 242 g/mol. The first-order valence-electron chi connectivity index (χ1n) is 6.98. The molecule has 0 amide bonds. The van der Waals surface area contributed by atoms with Gasteiger partial charge in [0.2, 0.25) is 0 Å². The van der Waals surface area contributed by atoms with Gasteiger partial charge in [0, 0.05) is 11.0 Å². The van der Waals surface area contributed by atoms with Crippen LogP contribution < -0.4 is 0 Å². The predicted molar refractivity (Wildman–Crippen MR) is 71.8 cm³/mol. The van der Waals surface area contributed by atoms with E-state index in [-0.39, 0.29) is 6.10 Å². The van der Waals surface area contributed by atoms with Crippen LogP contribution in [0.5, 0.6) is 0 Å². The predicted octanol–water partition coefficient (Wildman–Crippen LogP) is 3.71. The molecular formula is C14H26OS. The van der Waals surface area contributed by atoms with E-state index in [1.165, 1.54) is 32.1 Å². The molecule has 0 aromatic carbocycles. The van der Waals surface area contributed by atoms with Gasteiger partial charge in [0.15, 0.2) is 0 Å². The number of rotatable bonds is 6. The highest BCUT2D eigenvalue weighted by Crippen LogP contribution is 2.49. The van der Waals surface area contributed by atoms with Crippen LogP contribution in [0.15, 0.2) is 0 Å². The van der Waals surface area contributed by atoms with Gasteiger partial charge in [-0.3, -0.25) is 0 Å². The molecule has 2 rings (SSSR count). The van der Waals surface area contributed by atoms with Gasteiger partial charge in [-0.1, -0.05) is 20.3 Å². The zero-order chi connectivity index (χ0) is 11.5. The molecule has 94 valence electrons. The van der Waals surface area contributed by atoms with Gasteiger partial charge in [0.1, 0.15) is 0 Å². The maximum atomic E-state index is 10.1. The van der Waals surface area contributed by atoms with E-state index in [1.54, 1.807) is 0 Å². The highest BCUT2D eigenvalue weighted by Gasteiger charge is 2.39. The Morgan fingerprint density at radius 3 is 2.69 bits per heavy atom. The Bertz CT molecular complexity index is 219. The number of fused-ring (bicyclic) bond motifs is 2. The second-order valence-electron chi connectivity index (χ2n) is 5.88. The lowest BCUT2D eigenvalue weighted by Gasteiger charge is -2.24. The summed E-state index contributed by atoms with van der Waals surface area (Å²) in [5.74, 6) is 3.78. The standard InChI is InChI=1S/C14H26OS/c1-3-10(2)16-9-14(15)8-13-7-11-4-5-12(13)6-11/h10-15H,3-9H2,1-2H3. The minimum atomic E-state index is -0.0525. The van der Waals surface area contributed by atoms with E-state index in [4.69, 9.17) is 0 Å². The molecule has 2 bridgehead atoms. The molecule has 2 fully saturated rings. The van der Waals surface area contributed by atoms with Crippen molar-refractivity contribution in [3.63, 3.8) is 0 Å². The molecule has 5 atom stereocenters. The molecule has 0 radical (unpaired) electrons. The third kappa shape index (κ3) is 3.16. The SMILES string of the molecule is CCC(C)SCC(O)CC1CC2CCC1C2. The van der Waals surface area contributed by atoms with Gasteiger partial charge in [0.25, 0.3) is 0 Å². The molecule has 0 spiro atoms. The maximum absolute atomic E-state index is 10.1. The topological polar surface area (TPSA) is 20.2 Å². The van der Waals surface area contributed by atoms with Crippen molar-refractivity contribution in [3.8, 4) is 0 Å². The van der Waals surface area contributed by atoms with E-state index < -0.39 is 0 Å². The second kappa shape index (κ2) is 5.77. The monoisotopic (exact) mass is 242 g/mol. The largest absolute Gasteiger partial charge is 0.392 e. The highest BCUT2D eigenvalue weighted by molar-refractivity contribution is 7.99. The summed E-state index contributed by atoms with van der Waals surface area (Å²) < 4.78 is 0. The molecule has 16 heavy (non-hydrogen) atoms. The minimum absolute atomic E-state index is 0.0525. The van der Waals surface area contributed by atoms with Crippen molar-refractivity contribution in [2.45, 2.75) is 63.7 Å². The quantitative estimate of drug-likeness (QED) is 0.766. The Morgan fingerprint density at radius 1 is 1.31 bits per heavy atom. The van der Waals surface area contributed by atoms with E-state index in [1.807, 2.05) is 11.8 Å². The lowest BCUT2D eigenvalue weighted by atomic mass is 9.85. The van der Waals surface area contributed by atoms with Crippen molar-refractivity contribution in [2.75, 3.05) is 5.75 Å². The summed E-state index contributed by atoms with van der Waals surface area (Å²) in [4.78, 5) is 0. The van der Waals surface area contributed by atoms with Crippen molar-refractivity contribution < 1.29 is 5.11 Å². The molecule has 0 aromatic rings. The van der Waals surface area contributed by atoms with Gasteiger partial charge < -0.3 is 5.11 Å². The Labute approximate surface area is 104 Å². The Kier molecular flexibility index (Phi) is 4.60. The fourth-order valence-electron chi connectivity index (χ4n) is 3.48. The van der Waals surface area contributed by atoms with Gasteiger partial charge in [-0.15, -0.1) is 0 Å². The van der Waals surface area contributed by atoms with Gasteiger partial charge in [0.05, 0.1) is 6.10 Å². The molecule has 5 unspecified atom stereocenters. The zero-order valence-corrected chi connectivity index (χ0v) is 11.5. The van der Waals surface area contributed by atoms with E-state index in [9.17, 15) is 5.11 Å². The third-order valence-corrected chi connectivity index (χ3v) is 6.09. The average Bonchev–Trinajstić information content (AvgIpc) is 2.87. The normalized spacial score (nSPS) is 36.6. The van der Waals surface area contributed by atoms with Gasteiger partial charge >= 0.3 is 0 Å². The van der Waals surface area contributed by atoms with Gasteiger partial charge in [-0.2, -0.15) is 11.8 Å². The third-order valence-electron chi connectivity index (χ3n) is 4.61. The van der Waals surface area contributed by atoms with Crippen molar-refractivity contribution in [2.24, 2.45) is 17.8 Å². The summed E-state index contributed by atoms with van der Waals surface area (Å²) in [6.07, 6.45) is 8.03. The lowest BCUT2D eigenvalue weighted by Crippen LogP contribution is -2.21. The summed E-state index contributed by atoms with van der Waals surface area (Å²) in [5.41, 5.74) is 0. The maximum Gasteiger partial charge on any atom is 0.0633 e. The fourth-order valence-corrected chi connectivity index (χ4v) is 4.40. The summed E-state index contributed by atoms with van der Waals surface area (Å²) >= 11 is 1.94. The van der Waals surface area contributed by atoms with E-state index in [0.29, 0.717) is 5.25 Å². The van der Waals surface area contributed by atoms with Gasteiger partial charge in [-0.25, -0.2) is 0 Å². The van der Waals surface area contributed by atoms with Crippen LogP contribution in [0.3, 0.4) is 0 Å². The lowest BCUT2D eigenvalue weighted by molar-refractivity contribution is 0.144. The molecule has 0 heterocycles. The first-order valence-corrected chi connectivity index (χ1v) is 8.03. The summed E-state index contributed by atoms with van der Waals surface area (Å²) in [6.45, 7) is 4.48. The van der Waals surface area contributed by atoms with Crippen LogP contribution in [0.1, 0.15) is 52.4 Å². The summed E-state index contributed by atoms with van der Waals surface area (Å²) in [7, 11) is 0. The number of aliphatic hydroxyl groups excluding tert-OH is 1. The number of hydrogen-bond donors (Lipinski definition) is 1. The number of hydrogen-bond acceptors (Lipinski definition) is 2. The molecule has 1 N–H and O–H groups in total. The van der Waals surface area contributed by atoms with Crippen molar-refractivity contribution >= 4 is 11.8 Å². The van der Waals surface area contributed by atoms with Crippen LogP contribution in [0, 0.1) is 17.8 Å². The van der Waals surface area contributed by atoms with Crippen LogP contribution in [0.4, 0.5) is 0 Å². The zero-order valence-electron chi connectivity index (χ0n) is 10.7. The second-order valence-corrected chi connectivity index (χ2v) is 7.35. The first-order chi connectivity index (χ1) is 7.69. The molecule has 2 heteroatoms. The Balaban J connectivity index is 1.65. The van der Waals surface area contributed by atoms with E-state index in [0.717, 1.165) is 29.9 Å². The highest BCUT2D eigenvalue weighted by atomic mass is 32.2. The molecule has 0 aliphatic heterocycles. The summed E-state index contributed by atoms with van der Waals surface area (Å²) in [5, 5.41) is 10.8. The minimum Gasteiger partial charge on any atom is -0.392 e. The first kappa shape index (κ1) is 12.8. The van der Waals surface area contributed by atoms with Crippen LogP contribution >= 0.6 is 11.8 Å². The fraction of sp³-hybridized carbons (Fsp3) is 1.00. The van der Waals surface area contributed by atoms with Crippen molar-refractivity contribution in [1.82, 2.24) is 0 Å². The molecule has 2 aliphatic carbocycles. The van der Waals surface area contributed by atoms with Crippen LogP contribution in [-0.4, -0.2) is 22.2 Å². The molecule has 0 aromatic heterocycles. The molecular weight excluding hydrogens is 216 g/mol. The van der Waals surface area contributed by atoms with E-state index in [2.05, 4.69) is 13.8 Å². The smallest absolute Gasteiger partial charge is 0.0633 e. The Hall–Kier alpha value is 0.310.